The Balaban J connectivity index is 1.96. The number of carboxylic acids is 1. The van der Waals surface area contributed by atoms with Crippen LogP contribution in [0.15, 0.2) is 29.9 Å². The number of aromatic nitrogens is 2. The second-order valence-electron chi connectivity index (χ2n) is 4.55. The maximum atomic E-state index is 11.9. The molecule has 0 aliphatic rings. The molecule has 6 nitrogen and oxygen atoms in total. The fourth-order valence-corrected chi connectivity index (χ4v) is 2.47. The van der Waals surface area contributed by atoms with Crippen LogP contribution in [0.3, 0.4) is 0 Å². The normalized spacial score (nSPS) is 11.9. The number of carboxylic acid groups (broad SMARTS) is 1. The molecule has 0 saturated heterocycles. The van der Waals surface area contributed by atoms with Crippen molar-refractivity contribution >= 4 is 23.2 Å². The van der Waals surface area contributed by atoms with Gasteiger partial charge in [0.1, 0.15) is 6.04 Å². The van der Waals surface area contributed by atoms with Gasteiger partial charge in [-0.05, 0) is 24.6 Å². The highest BCUT2D eigenvalue weighted by molar-refractivity contribution is 7.09. The van der Waals surface area contributed by atoms with Crippen LogP contribution in [0.5, 0.6) is 0 Å². The Kier molecular flexibility index (Phi) is 4.99. The van der Waals surface area contributed by atoms with Crippen molar-refractivity contribution in [2.24, 2.45) is 0 Å². The van der Waals surface area contributed by atoms with Gasteiger partial charge in [0.2, 0.25) is 5.91 Å². The number of pyridine rings is 1. The van der Waals surface area contributed by atoms with Crippen LogP contribution in [0.25, 0.3) is 0 Å². The van der Waals surface area contributed by atoms with Crippen molar-refractivity contribution < 1.29 is 14.7 Å². The average Bonchev–Trinajstić information content (AvgIpc) is 2.84. The maximum absolute atomic E-state index is 11.9. The summed E-state index contributed by atoms with van der Waals surface area (Å²) in [4.78, 5) is 31.2. The van der Waals surface area contributed by atoms with E-state index < -0.39 is 12.0 Å². The molecule has 2 rings (SSSR count). The fourth-order valence-electron chi connectivity index (χ4n) is 1.85. The Morgan fingerprint density at radius 1 is 1.38 bits per heavy atom. The van der Waals surface area contributed by atoms with Gasteiger partial charge in [0, 0.05) is 24.2 Å². The highest BCUT2D eigenvalue weighted by atomic mass is 32.1. The minimum atomic E-state index is -1.06. The molecule has 2 aromatic rings. The van der Waals surface area contributed by atoms with Crippen LogP contribution in [-0.4, -0.2) is 33.0 Å². The average molecular weight is 305 g/mol. The molecule has 0 aliphatic carbocycles. The standard InChI is InChI=1S/C14H15N3O3S/c1-9-16-11(8-21-9)7-13(18)17-12(14(19)20)6-10-2-4-15-5-3-10/h2-5,8,12H,6-7H2,1H3,(H,17,18)(H,19,20). The predicted octanol–water partition coefficient (Wildman–Crippen LogP) is 1.20. The van der Waals surface area contributed by atoms with Gasteiger partial charge in [0.25, 0.3) is 0 Å². The van der Waals surface area contributed by atoms with Gasteiger partial charge in [0.05, 0.1) is 17.1 Å². The molecule has 2 aromatic heterocycles. The van der Waals surface area contributed by atoms with Crippen molar-refractivity contribution in [1.29, 1.82) is 0 Å². The minimum Gasteiger partial charge on any atom is -0.480 e. The summed E-state index contributed by atoms with van der Waals surface area (Å²) in [5, 5.41) is 14.4. The lowest BCUT2D eigenvalue weighted by atomic mass is 10.1. The molecule has 0 aromatic carbocycles. The number of carbonyl (C=O) groups excluding carboxylic acids is 1. The quantitative estimate of drug-likeness (QED) is 0.836. The number of carbonyl (C=O) groups is 2. The fraction of sp³-hybridized carbons (Fsp3) is 0.286. The molecule has 2 N–H and O–H groups in total. The van der Waals surface area contributed by atoms with Crippen molar-refractivity contribution in [3.8, 4) is 0 Å². The number of hydrogen-bond acceptors (Lipinski definition) is 5. The molecule has 0 saturated carbocycles. The summed E-state index contributed by atoms with van der Waals surface area (Å²) in [7, 11) is 0. The highest BCUT2D eigenvalue weighted by Gasteiger charge is 2.20. The first-order chi connectivity index (χ1) is 10.0. The van der Waals surface area contributed by atoms with E-state index in [2.05, 4.69) is 15.3 Å². The van der Waals surface area contributed by atoms with Gasteiger partial charge in [-0.3, -0.25) is 9.78 Å². The zero-order valence-corrected chi connectivity index (χ0v) is 12.3. The summed E-state index contributed by atoms with van der Waals surface area (Å²) in [5.74, 6) is -1.41. The molecule has 1 atom stereocenters. The van der Waals surface area contributed by atoms with Crippen LogP contribution in [0, 0.1) is 6.92 Å². The number of thiazole rings is 1. The molecule has 0 fully saturated rings. The molecule has 1 amide bonds. The smallest absolute Gasteiger partial charge is 0.326 e. The lowest BCUT2D eigenvalue weighted by Gasteiger charge is -2.14. The lowest BCUT2D eigenvalue weighted by Crippen LogP contribution is -2.43. The van der Waals surface area contributed by atoms with E-state index in [9.17, 15) is 14.7 Å². The van der Waals surface area contributed by atoms with Crippen molar-refractivity contribution in [3.05, 3.63) is 46.2 Å². The lowest BCUT2D eigenvalue weighted by molar-refractivity contribution is -0.141. The van der Waals surface area contributed by atoms with Gasteiger partial charge in [-0.2, -0.15) is 0 Å². The number of amides is 1. The molecule has 0 radical (unpaired) electrons. The molecular weight excluding hydrogens is 290 g/mol. The van der Waals surface area contributed by atoms with Gasteiger partial charge in [0.15, 0.2) is 0 Å². The van der Waals surface area contributed by atoms with Crippen molar-refractivity contribution in [3.63, 3.8) is 0 Å². The third kappa shape index (κ3) is 4.64. The molecule has 7 heteroatoms. The molecule has 110 valence electrons. The van der Waals surface area contributed by atoms with E-state index in [-0.39, 0.29) is 18.7 Å². The SMILES string of the molecule is Cc1nc(CC(=O)NC(Cc2ccncc2)C(=O)O)cs1. The van der Waals surface area contributed by atoms with E-state index in [1.165, 1.54) is 11.3 Å². The zero-order valence-electron chi connectivity index (χ0n) is 11.4. The van der Waals surface area contributed by atoms with Crippen LogP contribution in [-0.2, 0) is 22.4 Å². The van der Waals surface area contributed by atoms with E-state index in [1.807, 2.05) is 6.92 Å². The molecule has 0 aliphatic heterocycles. The van der Waals surface area contributed by atoms with Crippen LogP contribution >= 0.6 is 11.3 Å². The van der Waals surface area contributed by atoms with Gasteiger partial charge in [-0.1, -0.05) is 0 Å². The second kappa shape index (κ2) is 6.94. The Labute approximate surface area is 125 Å². The van der Waals surface area contributed by atoms with Crippen molar-refractivity contribution in [2.75, 3.05) is 0 Å². The number of rotatable bonds is 6. The summed E-state index contributed by atoms with van der Waals surface area (Å²) in [6.07, 6.45) is 3.49. The highest BCUT2D eigenvalue weighted by Crippen LogP contribution is 2.09. The van der Waals surface area contributed by atoms with E-state index in [1.54, 1.807) is 29.9 Å². The summed E-state index contributed by atoms with van der Waals surface area (Å²) >= 11 is 1.46. The summed E-state index contributed by atoms with van der Waals surface area (Å²) in [6.45, 7) is 1.86. The third-order valence-electron chi connectivity index (χ3n) is 2.83. The largest absolute Gasteiger partial charge is 0.480 e. The first-order valence-electron chi connectivity index (χ1n) is 6.36. The van der Waals surface area contributed by atoms with Gasteiger partial charge < -0.3 is 10.4 Å². The van der Waals surface area contributed by atoms with Gasteiger partial charge in [-0.15, -0.1) is 11.3 Å². The third-order valence-corrected chi connectivity index (χ3v) is 3.65. The van der Waals surface area contributed by atoms with Crippen molar-refractivity contribution in [1.82, 2.24) is 15.3 Å². The Bertz CT molecular complexity index is 627. The number of aliphatic carboxylic acids is 1. The topological polar surface area (TPSA) is 92.2 Å². The molecule has 0 spiro atoms. The molecule has 0 bridgehead atoms. The molecular formula is C14H15N3O3S. The van der Waals surface area contributed by atoms with Crippen LogP contribution in [0.4, 0.5) is 0 Å². The Morgan fingerprint density at radius 2 is 2.10 bits per heavy atom. The van der Waals surface area contributed by atoms with Gasteiger partial charge in [-0.25, -0.2) is 9.78 Å². The summed E-state index contributed by atoms with van der Waals surface area (Å²) in [5.41, 5.74) is 1.46. The number of nitrogens with zero attached hydrogens (tertiary/aromatic N) is 2. The first kappa shape index (κ1) is 15.1. The second-order valence-corrected chi connectivity index (χ2v) is 5.61. The first-order valence-corrected chi connectivity index (χ1v) is 7.24. The van der Waals surface area contributed by atoms with Crippen LogP contribution < -0.4 is 5.32 Å². The molecule has 1 unspecified atom stereocenters. The van der Waals surface area contributed by atoms with E-state index in [0.717, 1.165) is 10.6 Å². The zero-order chi connectivity index (χ0) is 15.2. The molecule has 2 heterocycles. The van der Waals surface area contributed by atoms with Crippen molar-refractivity contribution in [2.45, 2.75) is 25.8 Å². The van der Waals surface area contributed by atoms with Crippen LogP contribution in [0.1, 0.15) is 16.3 Å². The van der Waals surface area contributed by atoms with Gasteiger partial charge >= 0.3 is 5.97 Å². The number of hydrogen-bond donors (Lipinski definition) is 2. The van der Waals surface area contributed by atoms with Crippen LogP contribution in [0.2, 0.25) is 0 Å². The minimum absolute atomic E-state index is 0.0878. The molecule has 21 heavy (non-hydrogen) atoms. The maximum Gasteiger partial charge on any atom is 0.326 e. The summed E-state index contributed by atoms with van der Waals surface area (Å²) in [6, 6.07) is 2.50. The number of aryl methyl sites for hydroxylation is 1. The predicted molar refractivity (Wildman–Crippen MR) is 78.1 cm³/mol. The van der Waals surface area contributed by atoms with E-state index in [4.69, 9.17) is 0 Å². The van der Waals surface area contributed by atoms with E-state index >= 15 is 0 Å². The summed E-state index contributed by atoms with van der Waals surface area (Å²) < 4.78 is 0. The Hall–Kier alpha value is -2.28. The van der Waals surface area contributed by atoms with E-state index in [0.29, 0.717) is 5.69 Å². The number of nitrogens with one attached hydrogen (secondary N) is 1. The Morgan fingerprint density at radius 3 is 2.67 bits per heavy atom. The monoisotopic (exact) mass is 305 g/mol.